The largest absolute Gasteiger partial charge is 0.573 e. The first-order valence-corrected chi connectivity index (χ1v) is 6.88. The Labute approximate surface area is 135 Å². The van der Waals surface area contributed by atoms with Gasteiger partial charge in [-0.1, -0.05) is 17.7 Å². The summed E-state index contributed by atoms with van der Waals surface area (Å²) in [5, 5.41) is 0.589. The lowest BCUT2D eigenvalue weighted by Crippen LogP contribution is -2.26. The first kappa shape index (κ1) is 17.0. The first-order valence-electron chi connectivity index (χ1n) is 6.50. The number of aliphatic imine (C=N–C) groups is 1. The number of hydrogen-bond donors (Lipinski definition) is 2. The highest BCUT2D eigenvalue weighted by Crippen LogP contribution is 2.24. The number of anilines is 1. The van der Waals surface area contributed by atoms with Crippen molar-refractivity contribution in [1.82, 2.24) is 5.43 Å². The van der Waals surface area contributed by atoms with E-state index in [9.17, 15) is 13.2 Å². The van der Waals surface area contributed by atoms with E-state index in [4.69, 9.17) is 11.6 Å². The van der Waals surface area contributed by atoms with Gasteiger partial charge in [0, 0.05) is 5.02 Å². The number of nitrogens with one attached hydrogen (secondary N) is 2. The molecule has 2 aromatic rings. The summed E-state index contributed by atoms with van der Waals surface area (Å²) in [4.78, 5) is 4.21. The number of alkyl halides is 3. The van der Waals surface area contributed by atoms with Crippen LogP contribution in [0.3, 0.4) is 0 Å². The van der Waals surface area contributed by atoms with Crippen molar-refractivity contribution in [3.05, 3.63) is 53.6 Å². The second-order valence-corrected chi connectivity index (χ2v) is 4.94. The van der Waals surface area contributed by atoms with E-state index < -0.39 is 6.36 Å². The smallest absolute Gasteiger partial charge is 0.406 e. The van der Waals surface area contributed by atoms with Gasteiger partial charge in [-0.25, -0.2) is 4.99 Å². The Morgan fingerprint density at radius 1 is 1.13 bits per heavy atom. The Morgan fingerprint density at radius 2 is 1.83 bits per heavy atom. The minimum atomic E-state index is -4.71. The predicted octanol–water partition coefficient (Wildman–Crippen LogP) is 4.91. The van der Waals surface area contributed by atoms with E-state index in [1.165, 1.54) is 24.3 Å². The molecule has 0 bridgehead atoms. The quantitative estimate of drug-likeness (QED) is 0.471. The van der Waals surface area contributed by atoms with Crippen molar-refractivity contribution in [2.75, 3.05) is 5.43 Å². The van der Waals surface area contributed by atoms with E-state index in [0.29, 0.717) is 16.5 Å². The average molecular weight is 344 g/mol. The van der Waals surface area contributed by atoms with Crippen LogP contribution in [0.25, 0.3) is 0 Å². The lowest BCUT2D eigenvalue weighted by Gasteiger charge is -2.10. The predicted molar refractivity (Wildman–Crippen MR) is 84.1 cm³/mol. The molecule has 0 heterocycles. The molecule has 0 aliphatic rings. The standard InChI is InChI=1S/C15H13ClF3N3O/c1-10(21-22-13-4-2-3-11(16)9-13)20-12-5-7-14(8-6-12)23-15(17,18)19/h2-9,22H,1H3,(H,20,21). The number of benzene rings is 2. The van der Waals surface area contributed by atoms with Gasteiger partial charge in [0.15, 0.2) is 0 Å². The third-order valence-corrected chi connectivity index (χ3v) is 2.81. The zero-order valence-electron chi connectivity index (χ0n) is 12.0. The highest BCUT2D eigenvalue weighted by Gasteiger charge is 2.30. The van der Waals surface area contributed by atoms with Crippen molar-refractivity contribution in [1.29, 1.82) is 0 Å². The number of hydrogen-bond acceptors (Lipinski definition) is 3. The van der Waals surface area contributed by atoms with E-state index in [0.717, 1.165) is 5.69 Å². The molecule has 4 nitrogen and oxygen atoms in total. The Kier molecular flexibility index (Phi) is 5.33. The van der Waals surface area contributed by atoms with Crippen LogP contribution in [0.5, 0.6) is 5.75 Å². The Hall–Kier alpha value is -2.41. The lowest BCUT2D eigenvalue weighted by molar-refractivity contribution is -0.274. The van der Waals surface area contributed by atoms with Gasteiger partial charge in [0.05, 0.1) is 11.4 Å². The maximum atomic E-state index is 12.1. The van der Waals surface area contributed by atoms with Crippen molar-refractivity contribution >= 4 is 28.8 Å². The molecule has 2 N–H and O–H groups in total. The summed E-state index contributed by atoms with van der Waals surface area (Å²) in [5.74, 6) is 0.230. The van der Waals surface area contributed by atoms with Gasteiger partial charge in [0.2, 0.25) is 0 Å². The van der Waals surface area contributed by atoms with E-state index >= 15 is 0 Å². The van der Waals surface area contributed by atoms with Crippen LogP contribution in [-0.4, -0.2) is 12.2 Å². The monoisotopic (exact) mass is 343 g/mol. The third kappa shape index (κ3) is 6.07. The number of amidine groups is 1. The molecule has 0 aromatic heterocycles. The summed E-state index contributed by atoms with van der Waals surface area (Å²) in [7, 11) is 0. The molecular formula is C15H13ClF3N3O. The zero-order valence-corrected chi connectivity index (χ0v) is 12.7. The Bertz CT molecular complexity index is 687. The molecule has 0 atom stereocenters. The fourth-order valence-corrected chi connectivity index (χ4v) is 1.86. The van der Waals surface area contributed by atoms with Crippen molar-refractivity contribution in [3.63, 3.8) is 0 Å². The minimum absolute atomic E-state index is 0.292. The highest BCUT2D eigenvalue weighted by molar-refractivity contribution is 6.30. The zero-order chi connectivity index (χ0) is 16.9. The highest BCUT2D eigenvalue weighted by atomic mass is 35.5. The summed E-state index contributed by atoms with van der Waals surface area (Å²) in [5.41, 5.74) is 7.00. The molecule has 2 aromatic carbocycles. The number of nitrogens with zero attached hydrogens (tertiary/aromatic N) is 1. The van der Waals surface area contributed by atoms with E-state index in [2.05, 4.69) is 20.6 Å². The van der Waals surface area contributed by atoms with Crippen LogP contribution >= 0.6 is 11.6 Å². The van der Waals surface area contributed by atoms with Gasteiger partial charge in [0.1, 0.15) is 11.6 Å². The third-order valence-electron chi connectivity index (χ3n) is 2.58. The van der Waals surface area contributed by atoms with Gasteiger partial charge in [-0.05, 0) is 49.4 Å². The molecule has 8 heteroatoms. The van der Waals surface area contributed by atoms with Crippen molar-refractivity contribution in [3.8, 4) is 5.75 Å². The number of hydrazine groups is 1. The summed E-state index contributed by atoms with van der Waals surface area (Å²) in [6, 6.07) is 12.3. The van der Waals surface area contributed by atoms with Crippen molar-refractivity contribution < 1.29 is 17.9 Å². The van der Waals surface area contributed by atoms with Gasteiger partial charge >= 0.3 is 6.36 Å². The van der Waals surface area contributed by atoms with Gasteiger partial charge in [0.25, 0.3) is 0 Å². The van der Waals surface area contributed by atoms with Gasteiger partial charge in [-0.2, -0.15) is 0 Å². The molecule has 0 spiro atoms. The number of rotatable bonds is 4. The summed E-state index contributed by atoms with van der Waals surface area (Å²) in [6.45, 7) is 1.71. The van der Waals surface area contributed by atoms with Crippen LogP contribution in [0.2, 0.25) is 5.02 Å². The maximum absolute atomic E-state index is 12.1. The van der Waals surface area contributed by atoms with Crippen LogP contribution in [0.1, 0.15) is 6.92 Å². The molecule has 0 fully saturated rings. The van der Waals surface area contributed by atoms with Gasteiger partial charge in [-0.15, -0.1) is 13.2 Å². The molecule has 0 radical (unpaired) electrons. The van der Waals surface area contributed by atoms with Crippen LogP contribution in [0, 0.1) is 0 Å². The maximum Gasteiger partial charge on any atom is 0.573 e. The molecule has 0 saturated carbocycles. The normalized spacial score (nSPS) is 12.0. The molecule has 0 unspecified atom stereocenters. The number of halogens is 4. The molecule has 0 aliphatic heterocycles. The SMILES string of the molecule is CC(=Nc1ccc(OC(F)(F)F)cc1)NNc1cccc(Cl)c1. The topological polar surface area (TPSA) is 45.6 Å². The van der Waals surface area contributed by atoms with Gasteiger partial charge < -0.3 is 4.74 Å². The van der Waals surface area contributed by atoms with Crippen LogP contribution in [0.15, 0.2) is 53.5 Å². The van der Waals surface area contributed by atoms with E-state index in [1.54, 1.807) is 25.1 Å². The first-order chi connectivity index (χ1) is 10.8. The van der Waals surface area contributed by atoms with E-state index in [1.807, 2.05) is 6.07 Å². The summed E-state index contributed by atoms with van der Waals surface area (Å²) >= 11 is 5.86. The van der Waals surface area contributed by atoms with E-state index in [-0.39, 0.29) is 5.75 Å². The molecule has 0 aliphatic carbocycles. The van der Waals surface area contributed by atoms with Crippen LogP contribution in [-0.2, 0) is 0 Å². The second kappa shape index (κ2) is 7.23. The fraction of sp³-hybridized carbons (Fsp3) is 0.133. The lowest BCUT2D eigenvalue weighted by atomic mass is 10.3. The second-order valence-electron chi connectivity index (χ2n) is 4.50. The fourth-order valence-electron chi connectivity index (χ4n) is 1.67. The van der Waals surface area contributed by atoms with Crippen LogP contribution < -0.4 is 15.6 Å². The Balaban J connectivity index is 1.95. The van der Waals surface area contributed by atoms with Gasteiger partial charge in [-0.3, -0.25) is 10.9 Å². The molecule has 23 heavy (non-hydrogen) atoms. The summed E-state index contributed by atoms with van der Waals surface area (Å²) < 4.78 is 40.0. The molecule has 0 amide bonds. The Morgan fingerprint density at radius 3 is 2.43 bits per heavy atom. The molecule has 2 rings (SSSR count). The van der Waals surface area contributed by atoms with Crippen LogP contribution in [0.4, 0.5) is 24.5 Å². The number of ether oxygens (including phenoxy) is 1. The van der Waals surface area contributed by atoms with Crippen molar-refractivity contribution in [2.24, 2.45) is 4.99 Å². The van der Waals surface area contributed by atoms with Crippen molar-refractivity contribution in [2.45, 2.75) is 13.3 Å². The average Bonchev–Trinajstić information content (AvgIpc) is 2.46. The minimum Gasteiger partial charge on any atom is -0.406 e. The summed E-state index contributed by atoms with van der Waals surface area (Å²) in [6.07, 6.45) is -4.71. The molecule has 0 saturated heterocycles. The molecule has 122 valence electrons. The molecular weight excluding hydrogens is 331 g/mol.